The normalized spacial score (nSPS) is 10.1. The molecule has 2 aromatic rings. The van der Waals surface area contributed by atoms with Gasteiger partial charge in [0.25, 0.3) is 5.91 Å². The molecule has 0 radical (unpaired) electrons. The molecule has 2 heterocycles. The van der Waals surface area contributed by atoms with E-state index in [0.29, 0.717) is 23.6 Å². The molecular formula is C11H14N6O. The third-order valence-electron chi connectivity index (χ3n) is 2.39. The van der Waals surface area contributed by atoms with Gasteiger partial charge in [0, 0.05) is 20.3 Å². The van der Waals surface area contributed by atoms with Crippen LogP contribution in [0.4, 0.5) is 5.69 Å². The Morgan fingerprint density at radius 2 is 2.33 bits per heavy atom. The lowest BCUT2D eigenvalue weighted by Crippen LogP contribution is -2.24. The molecule has 0 aliphatic rings. The van der Waals surface area contributed by atoms with E-state index in [4.69, 9.17) is 0 Å². The van der Waals surface area contributed by atoms with Gasteiger partial charge in [-0.15, -0.1) is 0 Å². The molecule has 2 N–H and O–H groups in total. The fraction of sp³-hybridized carbons (Fsp3) is 0.273. The van der Waals surface area contributed by atoms with Crippen molar-refractivity contribution in [3.8, 4) is 0 Å². The van der Waals surface area contributed by atoms with Gasteiger partial charge in [-0.25, -0.2) is 4.98 Å². The number of rotatable bonds is 4. The minimum Gasteiger partial charge on any atom is -0.386 e. The van der Waals surface area contributed by atoms with Crippen molar-refractivity contribution in [3.05, 3.63) is 36.2 Å². The molecule has 2 aromatic heterocycles. The SMILES string of the molecule is CNc1cnccc1C(=O)NCc1ncn(C)n1. The van der Waals surface area contributed by atoms with Gasteiger partial charge in [-0.2, -0.15) is 5.10 Å². The number of carbonyl (C=O) groups excluding carboxylic acids is 1. The van der Waals surface area contributed by atoms with E-state index < -0.39 is 0 Å². The highest BCUT2D eigenvalue weighted by Crippen LogP contribution is 2.11. The number of nitrogens with zero attached hydrogens (tertiary/aromatic N) is 4. The molecular weight excluding hydrogens is 232 g/mol. The number of hydrogen-bond donors (Lipinski definition) is 2. The number of nitrogens with one attached hydrogen (secondary N) is 2. The first-order valence-corrected chi connectivity index (χ1v) is 5.45. The van der Waals surface area contributed by atoms with Gasteiger partial charge in [-0.1, -0.05) is 0 Å². The lowest BCUT2D eigenvalue weighted by atomic mass is 10.2. The van der Waals surface area contributed by atoms with Crippen LogP contribution in [0.15, 0.2) is 24.8 Å². The van der Waals surface area contributed by atoms with Gasteiger partial charge < -0.3 is 10.6 Å². The van der Waals surface area contributed by atoms with Crippen LogP contribution in [0.1, 0.15) is 16.2 Å². The smallest absolute Gasteiger partial charge is 0.253 e. The molecule has 0 atom stereocenters. The zero-order chi connectivity index (χ0) is 13.0. The minimum atomic E-state index is -0.186. The molecule has 0 aliphatic heterocycles. The first-order chi connectivity index (χ1) is 8.70. The van der Waals surface area contributed by atoms with Crippen molar-refractivity contribution < 1.29 is 4.79 Å². The molecule has 18 heavy (non-hydrogen) atoms. The minimum absolute atomic E-state index is 0.186. The van der Waals surface area contributed by atoms with Crippen LogP contribution in [0.5, 0.6) is 0 Å². The largest absolute Gasteiger partial charge is 0.386 e. The molecule has 0 saturated heterocycles. The van der Waals surface area contributed by atoms with Crippen LogP contribution in [0.2, 0.25) is 0 Å². The number of pyridine rings is 1. The second kappa shape index (κ2) is 5.26. The van der Waals surface area contributed by atoms with Crippen molar-refractivity contribution in [1.82, 2.24) is 25.1 Å². The maximum atomic E-state index is 12.0. The summed E-state index contributed by atoms with van der Waals surface area (Å²) < 4.78 is 1.59. The summed E-state index contributed by atoms with van der Waals surface area (Å²) in [5.41, 5.74) is 1.23. The number of anilines is 1. The first-order valence-electron chi connectivity index (χ1n) is 5.45. The second-order valence-corrected chi connectivity index (χ2v) is 3.69. The first kappa shape index (κ1) is 12.0. The Morgan fingerprint density at radius 1 is 1.50 bits per heavy atom. The second-order valence-electron chi connectivity index (χ2n) is 3.69. The molecule has 0 saturated carbocycles. The molecule has 0 unspecified atom stereocenters. The van der Waals surface area contributed by atoms with E-state index >= 15 is 0 Å². The van der Waals surface area contributed by atoms with Gasteiger partial charge in [0.15, 0.2) is 5.82 Å². The van der Waals surface area contributed by atoms with E-state index in [0.717, 1.165) is 0 Å². The average molecular weight is 246 g/mol. The summed E-state index contributed by atoms with van der Waals surface area (Å²) in [7, 11) is 3.52. The van der Waals surface area contributed by atoms with Crippen LogP contribution in [-0.4, -0.2) is 32.7 Å². The van der Waals surface area contributed by atoms with Crippen LogP contribution in [0.3, 0.4) is 0 Å². The number of aromatic nitrogens is 4. The van der Waals surface area contributed by atoms with Crippen LogP contribution in [0.25, 0.3) is 0 Å². The molecule has 0 aliphatic carbocycles. The number of carbonyl (C=O) groups is 1. The van der Waals surface area contributed by atoms with Crippen LogP contribution >= 0.6 is 0 Å². The van der Waals surface area contributed by atoms with E-state index in [9.17, 15) is 4.79 Å². The molecule has 0 fully saturated rings. The maximum absolute atomic E-state index is 12.0. The number of aryl methyl sites for hydroxylation is 1. The van der Waals surface area contributed by atoms with Gasteiger partial charge in [0.1, 0.15) is 6.33 Å². The Hall–Kier alpha value is -2.44. The van der Waals surface area contributed by atoms with E-state index in [-0.39, 0.29) is 5.91 Å². The monoisotopic (exact) mass is 246 g/mol. The van der Waals surface area contributed by atoms with Gasteiger partial charge in [0.05, 0.1) is 24.0 Å². The fourth-order valence-corrected chi connectivity index (χ4v) is 1.51. The van der Waals surface area contributed by atoms with E-state index in [2.05, 4.69) is 25.7 Å². The van der Waals surface area contributed by atoms with E-state index in [1.165, 1.54) is 0 Å². The maximum Gasteiger partial charge on any atom is 0.253 e. The standard InChI is InChI=1S/C11H14N6O/c1-12-9-5-13-4-3-8(9)11(18)14-6-10-15-7-17(2)16-10/h3-5,7,12H,6H2,1-2H3,(H,14,18). The van der Waals surface area contributed by atoms with Crippen molar-refractivity contribution in [2.45, 2.75) is 6.54 Å². The molecule has 1 amide bonds. The highest BCUT2D eigenvalue weighted by molar-refractivity contribution is 5.99. The summed E-state index contributed by atoms with van der Waals surface area (Å²) in [6.07, 6.45) is 4.77. The van der Waals surface area contributed by atoms with Crippen molar-refractivity contribution in [2.75, 3.05) is 12.4 Å². The van der Waals surface area contributed by atoms with Crippen LogP contribution < -0.4 is 10.6 Å². The molecule has 0 bridgehead atoms. The van der Waals surface area contributed by atoms with Crippen LogP contribution in [0, 0.1) is 0 Å². The predicted octanol–water partition coefficient (Wildman–Crippen LogP) is 0.182. The van der Waals surface area contributed by atoms with E-state index in [1.54, 1.807) is 43.6 Å². The Kier molecular flexibility index (Phi) is 3.52. The van der Waals surface area contributed by atoms with Gasteiger partial charge in [0.2, 0.25) is 0 Å². The van der Waals surface area contributed by atoms with Crippen molar-refractivity contribution in [1.29, 1.82) is 0 Å². The van der Waals surface area contributed by atoms with Gasteiger partial charge in [-0.3, -0.25) is 14.5 Å². The highest BCUT2D eigenvalue weighted by Gasteiger charge is 2.10. The van der Waals surface area contributed by atoms with Crippen LogP contribution in [-0.2, 0) is 13.6 Å². The van der Waals surface area contributed by atoms with Crippen molar-refractivity contribution in [3.63, 3.8) is 0 Å². The van der Waals surface area contributed by atoms with Crippen molar-refractivity contribution in [2.24, 2.45) is 7.05 Å². The molecule has 0 spiro atoms. The molecule has 94 valence electrons. The van der Waals surface area contributed by atoms with Gasteiger partial charge >= 0.3 is 0 Å². The molecule has 7 heteroatoms. The summed E-state index contributed by atoms with van der Waals surface area (Å²) in [6.45, 7) is 0.297. The Morgan fingerprint density at radius 3 is 3.00 bits per heavy atom. The fourth-order valence-electron chi connectivity index (χ4n) is 1.51. The summed E-state index contributed by atoms with van der Waals surface area (Å²) in [4.78, 5) is 19.9. The summed E-state index contributed by atoms with van der Waals surface area (Å²) in [5, 5.41) is 9.76. The van der Waals surface area contributed by atoms with Crippen molar-refractivity contribution >= 4 is 11.6 Å². The Labute approximate surface area is 104 Å². The number of amides is 1. The summed E-state index contributed by atoms with van der Waals surface area (Å²) >= 11 is 0. The quantitative estimate of drug-likeness (QED) is 0.804. The van der Waals surface area contributed by atoms with Gasteiger partial charge in [-0.05, 0) is 6.07 Å². The third kappa shape index (κ3) is 2.62. The summed E-state index contributed by atoms with van der Waals surface area (Å²) in [6, 6.07) is 1.66. The zero-order valence-corrected chi connectivity index (χ0v) is 10.2. The summed E-state index contributed by atoms with van der Waals surface area (Å²) in [5.74, 6) is 0.389. The lowest BCUT2D eigenvalue weighted by Gasteiger charge is -2.07. The highest BCUT2D eigenvalue weighted by atomic mass is 16.1. The number of hydrogen-bond acceptors (Lipinski definition) is 5. The molecule has 0 aromatic carbocycles. The zero-order valence-electron chi connectivity index (χ0n) is 10.2. The Bertz CT molecular complexity index is 550. The third-order valence-corrected chi connectivity index (χ3v) is 2.39. The topological polar surface area (TPSA) is 84.7 Å². The van der Waals surface area contributed by atoms with E-state index in [1.807, 2.05) is 0 Å². The lowest BCUT2D eigenvalue weighted by molar-refractivity contribution is 0.0950. The predicted molar refractivity (Wildman–Crippen MR) is 66.0 cm³/mol. The molecule has 7 nitrogen and oxygen atoms in total. The molecule has 2 rings (SSSR count). The average Bonchev–Trinajstić information content (AvgIpc) is 2.81. The Balaban J connectivity index is 2.03.